The highest BCUT2D eigenvalue weighted by Gasteiger charge is 2.53. The molecule has 130 valence electrons. The van der Waals surface area contributed by atoms with E-state index in [1.807, 2.05) is 12.1 Å². The van der Waals surface area contributed by atoms with Crippen LogP contribution in [0.2, 0.25) is 0 Å². The molecule has 1 atom stereocenters. The van der Waals surface area contributed by atoms with Crippen LogP contribution in [0.5, 0.6) is 0 Å². The highest BCUT2D eigenvalue weighted by Crippen LogP contribution is 2.39. The van der Waals surface area contributed by atoms with Crippen LogP contribution < -0.4 is 5.32 Å². The first-order valence-corrected chi connectivity index (χ1v) is 9.57. The van der Waals surface area contributed by atoms with Crippen molar-refractivity contribution in [2.75, 3.05) is 13.4 Å². The average Bonchev–Trinajstić information content (AvgIpc) is 2.85. The van der Waals surface area contributed by atoms with Gasteiger partial charge in [0.15, 0.2) is 5.54 Å². The van der Waals surface area contributed by atoms with Gasteiger partial charge in [-0.25, -0.2) is 9.69 Å². The SMILES string of the molecule is CP(=O)(O)OCN1C(=O)NC(c2ccccc2)(c2ccccc2)C1=O. The van der Waals surface area contributed by atoms with Crippen molar-refractivity contribution in [2.45, 2.75) is 5.54 Å². The molecule has 0 aromatic heterocycles. The zero-order valence-electron chi connectivity index (χ0n) is 13.5. The topological polar surface area (TPSA) is 95.9 Å². The molecule has 1 fully saturated rings. The molecule has 25 heavy (non-hydrogen) atoms. The van der Waals surface area contributed by atoms with E-state index in [1.54, 1.807) is 48.5 Å². The van der Waals surface area contributed by atoms with Crippen molar-refractivity contribution in [1.29, 1.82) is 0 Å². The molecule has 2 aromatic rings. The zero-order valence-corrected chi connectivity index (χ0v) is 14.3. The van der Waals surface area contributed by atoms with E-state index in [2.05, 4.69) is 5.32 Å². The second-order valence-corrected chi connectivity index (χ2v) is 7.57. The summed E-state index contributed by atoms with van der Waals surface area (Å²) < 4.78 is 16.1. The molecular weight excluding hydrogens is 343 g/mol. The summed E-state index contributed by atoms with van der Waals surface area (Å²) in [7, 11) is -3.83. The fourth-order valence-electron chi connectivity index (χ4n) is 2.79. The summed E-state index contributed by atoms with van der Waals surface area (Å²) >= 11 is 0. The number of hydrogen-bond donors (Lipinski definition) is 2. The molecule has 0 saturated carbocycles. The predicted octanol–water partition coefficient (Wildman–Crippen LogP) is 2.27. The van der Waals surface area contributed by atoms with Crippen LogP contribution in [0.4, 0.5) is 4.79 Å². The third-order valence-electron chi connectivity index (χ3n) is 3.95. The van der Waals surface area contributed by atoms with Crippen molar-refractivity contribution in [3.63, 3.8) is 0 Å². The molecule has 1 heterocycles. The van der Waals surface area contributed by atoms with Gasteiger partial charge >= 0.3 is 13.6 Å². The summed E-state index contributed by atoms with van der Waals surface area (Å²) in [5.74, 6) is -0.566. The molecule has 3 rings (SSSR count). The maximum Gasteiger partial charge on any atom is 0.327 e. The van der Waals surface area contributed by atoms with E-state index >= 15 is 0 Å². The maximum atomic E-state index is 13.1. The quantitative estimate of drug-likeness (QED) is 0.630. The molecule has 3 amide bonds. The molecule has 1 aliphatic rings. The van der Waals surface area contributed by atoms with E-state index in [4.69, 9.17) is 4.52 Å². The Labute approximate surface area is 144 Å². The van der Waals surface area contributed by atoms with Crippen LogP contribution in [0.15, 0.2) is 60.7 Å². The minimum absolute atomic E-state index is 0.566. The monoisotopic (exact) mass is 360 g/mol. The van der Waals surface area contributed by atoms with E-state index in [1.165, 1.54) is 0 Å². The van der Waals surface area contributed by atoms with Gasteiger partial charge in [0.05, 0.1) is 0 Å². The molecule has 0 radical (unpaired) electrons. The summed E-state index contributed by atoms with van der Waals surface area (Å²) in [6.45, 7) is 0.392. The van der Waals surface area contributed by atoms with Gasteiger partial charge in [-0.15, -0.1) is 0 Å². The van der Waals surface area contributed by atoms with Crippen LogP contribution >= 0.6 is 7.60 Å². The summed E-state index contributed by atoms with van der Waals surface area (Å²) in [6.07, 6.45) is 0. The molecule has 1 saturated heterocycles. The first-order valence-electron chi connectivity index (χ1n) is 7.54. The maximum absolute atomic E-state index is 13.1. The Morgan fingerprint density at radius 2 is 1.52 bits per heavy atom. The molecule has 7 nitrogen and oxygen atoms in total. The zero-order chi connectivity index (χ0) is 18.1. The molecular formula is C17H17N2O5P. The van der Waals surface area contributed by atoms with Crippen LogP contribution in [-0.2, 0) is 19.4 Å². The number of benzene rings is 2. The Hall–Kier alpha value is -2.47. The highest BCUT2D eigenvalue weighted by molar-refractivity contribution is 7.51. The average molecular weight is 360 g/mol. The first-order chi connectivity index (χ1) is 11.8. The van der Waals surface area contributed by atoms with Gasteiger partial charge in [0, 0.05) is 6.66 Å². The van der Waals surface area contributed by atoms with Crippen molar-refractivity contribution in [1.82, 2.24) is 10.2 Å². The largest absolute Gasteiger partial charge is 0.327 e. The van der Waals surface area contributed by atoms with Crippen LogP contribution in [0.3, 0.4) is 0 Å². The second kappa shape index (κ2) is 6.44. The lowest BCUT2D eigenvalue weighted by atomic mass is 9.83. The van der Waals surface area contributed by atoms with E-state index in [-0.39, 0.29) is 0 Å². The number of hydrogen-bond acceptors (Lipinski definition) is 4. The van der Waals surface area contributed by atoms with Gasteiger partial charge in [0.25, 0.3) is 5.91 Å². The third-order valence-corrected chi connectivity index (χ3v) is 4.54. The lowest BCUT2D eigenvalue weighted by molar-refractivity contribution is -0.132. The number of carbonyl (C=O) groups excluding carboxylic acids is 2. The van der Waals surface area contributed by atoms with Gasteiger partial charge in [0.1, 0.15) is 6.73 Å². The van der Waals surface area contributed by atoms with E-state index in [0.29, 0.717) is 11.1 Å². The Bertz CT molecular complexity index is 795. The standard InChI is InChI=1S/C17H17N2O5P/c1-25(22,23)24-12-19-15(20)17(18-16(19)21,13-8-4-2-5-9-13)14-10-6-3-7-11-14/h2-11H,12H2,1H3,(H,18,21)(H,22,23). The van der Waals surface area contributed by atoms with Crippen LogP contribution in [0.25, 0.3) is 0 Å². The van der Waals surface area contributed by atoms with Gasteiger partial charge < -0.3 is 10.2 Å². The van der Waals surface area contributed by atoms with Gasteiger partial charge in [0.2, 0.25) is 0 Å². The number of nitrogens with one attached hydrogen (secondary N) is 1. The van der Waals surface area contributed by atoms with Crippen molar-refractivity contribution in [3.8, 4) is 0 Å². The molecule has 0 bridgehead atoms. The molecule has 2 aromatic carbocycles. The van der Waals surface area contributed by atoms with Gasteiger partial charge in [-0.3, -0.25) is 13.9 Å². The predicted molar refractivity (Wildman–Crippen MR) is 90.7 cm³/mol. The van der Waals surface area contributed by atoms with Gasteiger partial charge in [-0.1, -0.05) is 60.7 Å². The summed E-state index contributed by atoms with van der Waals surface area (Å²) in [5, 5.41) is 2.72. The third kappa shape index (κ3) is 3.22. The molecule has 0 spiro atoms. The fourth-order valence-corrected chi connectivity index (χ4v) is 3.12. The Morgan fingerprint density at radius 3 is 1.96 bits per heavy atom. The van der Waals surface area contributed by atoms with E-state index < -0.39 is 31.8 Å². The van der Waals surface area contributed by atoms with E-state index in [9.17, 15) is 19.0 Å². The van der Waals surface area contributed by atoms with Crippen molar-refractivity contribution in [3.05, 3.63) is 71.8 Å². The number of amides is 3. The molecule has 1 aliphatic heterocycles. The molecule has 0 aliphatic carbocycles. The van der Waals surface area contributed by atoms with E-state index in [0.717, 1.165) is 11.6 Å². The Morgan fingerprint density at radius 1 is 1.04 bits per heavy atom. The lowest BCUT2D eigenvalue weighted by Crippen LogP contribution is -2.45. The lowest BCUT2D eigenvalue weighted by Gasteiger charge is -2.28. The number of nitrogens with zero attached hydrogens (tertiary/aromatic N) is 1. The second-order valence-electron chi connectivity index (χ2n) is 5.71. The normalized spacial score (nSPS) is 18.7. The van der Waals surface area contributed by atoms with Gasteiger partial charge in [-0.2, -0.15) is 0 Å². The van der Waals surface area contributed by atoms with Crippen LogP contribution in [0, 0.1) is 0 Å². The molecule has 2 N–H and O–H groups in total. The van der Waals surface area contributed by atoms with Crippen molar-refractivity contribution < 1.29 is 23.6 Å². The molecule has 1 unspecified atom stereocenters. The minimum Gasteiger partial charge on any atom is -0.324 e. The van der Waals surface area contributed by atoms with Crippen LogP contribution in [0.1, 0.15) is 11.1 Å². The number of rotatable bonds is 5. The summed E-state index contributed by atoms with van der Waals surface area (Å²) in [6, 6.07) is 17.0. The number of carbonyl (C=O) groups is 2. The fraction of sp³-hybridized carbons (Fsp3) is 0.176. The van der Waals surface area contributed by atoms with Crippen molar-refractivity contribution in [2.24, 2.45) is 0 Å². The summed E-state index contributed by atoms with van der Waals surface area (Å²) in [5.41, 5.74) is -0.229. The first kappa shape index (κ1) is 17.4. The number of imide groups is 1. The van der Waals surface area contributed by atoms with Gasteiger partial charge in [-0.05, 0) is 11.1 Å². The Balaban J connectivity index is 2.06. The number of urea groups is 1. The van der Waals surface area contributed by atoms with Crippen molar-refractivity contribution >= 4 is 19.5 Å². The Kier molecular flexibility index (Phi) is 4.47. The molecule has 8 heteroatoms. The highest BCUT2D eigenvalue weighted by atomic mass is 31.2. The summed E-state index contributed by atoms with van der Waals surface area (Å²) in [4.78, 5) is 35.6. The smallest absolute Gasteiger partial charge is 0.324 e. The minimum atomic E-state index is -3.83. The van der Waals surface area contributed by atoms with Crippen LogP contribution in [-0.4, -0.2) is 35.1 Å².